The van der Waals surface area contributed by atoms with E-state index in [9.17, 15) is 14.4 Å². The molecule has 5 rings (SSSR count). The topological polar surface area (TPSA) is 90.3 Å². The van der Waals surface area contributed by atoms with Gasteiger partial charge in [-0.2, -0.15) is 0 Å². The zero-order valence-electron chi connectivity index (χ0n) is 18.3. The average Bonchev–Trinajstić information content (AvgIpc) is 3.22. The van der Waals surface area contributed by atoms with Crippen molar-refractivity contribution in [3.63, 3.8) is 0 Å². The van der Waals surface area contributed by atoms with Crippen LogP contribution in [0.4, 0.5) is 5.69 Å². The van der Waals surface area contributed by atoms with Crippen LogP contribution in [-0.4, -0.2) is 27.8 Å². The Morgan fingerprint density at radius 1 is 1.15 bits per heavy atom. The zero-order valence-corrected chi connectivity index (χ0v) is 19.2. The minimum atomic E-state index is -0.778. The van der Waals surface area contributed by atoms with Gasteiger partial charge in [0.1, 0.15) is 10.6 Å². The molecule has 0 fully saturated rings. The van der Waals surface area contributed by atoms with Crippen molar-refractivity contribution in [2.75, 3.05) is 11.9 Å². The number of thiophene rings is 1. The number of hydrogen-bond acceptors (Lipinski definition) is 6. The largest absolute Gasteiger partial charge is 0.482 e. The van der Waals surface area contributed by atoms with Gasteiger partial charge >= 0.3 is 0 Å². The molecule has 0 spiro atoms. The van der Waals surface area contributed by atoms with Crippen LogP contribution in [0, 0.1) is 13.8 Å². The van der Waals surface area contributed by atoms with Gasteiger partial charge in [-0.25, -0.2) is 4.98 Å². The van der Waals surface area contributed by atoms with Gasteiger partial charge in [-0.15, -0.1) is 11.3 Å². The maximum absolute atomic E-state index is 13.5. The quantitative estimate of drug-likeness (QED) is 0.453. The summed E-state index contributed by atoms with van der Waals surface area (Å²) in [7, 11) is 0. The molecule has 2 aromatic carbocycles. The molecule has 1 amide bonds. The second kappa shape index (κ2) is 7.97. The van der Waals surface area contributed by atoms with E-state index in [1.807, 2.05) is 31.4 Å². The highest BCUT2D eigenvalue weighted by molar-refractivity contribution is 7.17. The van der Waals surface area contributed by atoms with E-state index in [1.54, 1.807) is 25.1 Å². The standard InChI is InChI=1S/C25H21N3O4S/c1-13-4-6-17(14(2)8-13)18-11-33-24-22(18)25(31)28(12-26-24)15(3)23(30)16-5-7-20-19(9-16)27-21(29)10-32-20/h4-9,11-12,15H,10H2,1-3H3,(H,27,29). The first kappa shape index (κ1) is 21.1. The summed E-state index contributed by atoms with van der Waals surface area (Å²) < 4.78 is 6.73. The van der Waals surface area contributed by atoms with Gasteiger partial charge in [0.2, 0.25) is 0 Å². The summed E-state index contributed by atoms with van der Waals surface area (Å²) in [6.45, 7) is 5.67. The summed E-state index contributed by atoms with van der Waals surface area (Å²) in [4.78, 5) is 43.5. The normalized spacial score (nSPS) is 13.8. The van der Waals surface area contributed by atoms with Crippen LogP contribution in [0.25, 0.3) is 21.3 Å². The number of aromatic nitrogens is 2. The summed E-state index contributed by atoms with van der Waals surface area (Å²) in [6.07, 6.45) is 1.43. The fourth-order valence-corrected chi connectivity index (χ4v) is 5.04. The Hall–Kier alpha value is -3.78. The third-order valence-corrected chi connectivity index (χ3v) is 6.77. The molecule has 7 nitrogen and oxygen atoms in total. The lowest BCUT2D eigenvalue weighted by Crippen LogP contribution is -2.29. The number of fused-ring (bicyclic) bond motifs is 2. The van der Waals surface area contributed by atoms with Gasteiger partial charge in [0.05, 0.1) is 23.4 Å². The summed E-state index contributed by atoms with van der Waals surface area (Å²) in [6, 6.07) is 10.2. The lowest BCUT2D eigenvalue weighted by molar-refractivity contribution is -0.118. The second-order valence-electron chi connectivity index (χ2n) is 8.19. The van der Waals surface area contributed by atoms with Gasteiger partial charge in [-0.1, -0.05) is 23.8 Å². The number of carbonyl (C=O) groups excluding carboxylic acids is 2. The molecule has 3 heterocycles. The third kappa shape index (κ3) is 3.62. The molecule has 1 N–H and O–H groups in total. The maximum atomic E-state index is 13.5. The molecule has 0 aliphatic carbocycles. The third-order valence-electron chi connectivity index (χ3n) is 5.89. The maximum Gasteiger partial charge on any atom is 0.263 e. The lowest BCUT2D eigenvalue weighted by Gasteiger charge is -2.19. The smallest absolute Gasteiger partial charge is 0.263 e. The van der Waals surface area contributed by atoms with Gasteiger partial charge in [-0.05, 0) is 50.1 Å². The Bertz CT molecular complexity index is 1500. The minimum Gasteiger partial charge on any atom is -0.482 e. The van der Waals surface area contributed by atoms with Crippen LogP contribution in [0.15, 0.2) is 52.9 Å². The molecular formula is C25H21N3O4S. The van der Waals surface area contributed by atoms with E-state index in [2.05, 4.69) is 16.4 Å². The predicted molar refractivity (Wildman–Crippen MR) is 128 cm³/mol. The Morgan fingerprint density at radius 2 is 1.97 bits per heavy atom. The van der Waals surface area contributed by atoms with Crippen LogP contribution in [0.3, 0.4) is 0 Å². The predicted octanol–water partition coefficient (Wildman–Crippen LogP) is 4.52. The number of carbonyl (C=O) groups is 2. The van der Waals surface area contributed by atoms with E-state index in [1.165, 1.54) is 22.2 Å². The van der Waals surface area contributed by atoms with Crippen molar-refractivity contribution in [1.29, 1.82) is 0 Å². The van der Waals surface area contributed by atoms with Crippen molar-refractivity contribution >= 4 is 38.9 Å². The molecule has 0 saturated heterocycles. The van der Waals surface area contributed by atoms with Crippen molar-refractivity contribution in [2.24, 2.45) is 0 Å². The van der Waals surface area contributed by atoms with E-state index < -0.39 is 6.04 Å². The molecule has 1 aliphatic heterocycles. The molecule has 8 heteroatoms. The number of Topliss-reactive ketones (excluding diaryl/α,β-unsaturated/α-hetero) is 1. The van der Waals surface area contributed by atoms with E-state index in [0.717, 1.165) is 22.3 Å². The van der Waals surface area contributed by atoms with Crippen LogP contribution in [-0.2, 0) is 4.79 Å². The molecule has 1 unspecified atom stereocenters. The van der Waals surface area contributed by atoms with E-state index in [-0.39, 0.29) is 23.9 Å². The Kier molecular flexibility index (Phi) is 5.09. The molecule has 1 aliphatic rings. The first-order valence-corrected chi connectivity index (χ1v) is 11.4. The Labute approximate surface area is 193 Å². The SMILES string of the molecule is Cc1ccc(-c2csc3ncn(C(C)C(=O)c4ccc5c(c4)NC(=O)CO5)c(=O)c23)c(C)c1. The molecule has 0 radical (unpaired) electrons. The van der Waals surface area contributed by atoms with Crippen LogP contribution in [0.2, 0.25) is 0 Å². The molecule has 33 heavy (non-hydrogen) atoms. The minimum absolute atomic E-state index is 0.0544. The highest BCUT2D eigenvalue weighted by Crippen LogP contribution is 2.34. The molecule has 0 bridgehead atoms. The van der Waals surface area contributed by atoms with Gasteiger partial charge in [0.15, 0.2) is 12.4 Å². The molecule has 4 aromatic rings. The molecular weight excluding hydrogens is 438 g/mol. The number of amides is 1. The van der Waals surface area contributed by atoms with Crippen molar-refractivity contribution in [2.45, 2.75) is 26.8 Å². The highest BCUT2D eigenvalue weighted by atomic mass is 32.1. The number of nitrogens with one attached hydrogen (secondary N) is 1. The molecule has 1 atom stereocenters. The Morgan fingerprint density at radius 3 is 2.76 bits per heavy atom. The number of ketones is 1. The summed E-state index contributed by atoms with van der Waals surface area (Å²) in [5.74, 6) is -0.0259. The van der Waals surface area contributed by atoms with Crippen molar-refractivity contribution in [3.8, 4) is 16.9 Å². The number of ether oxygens (including phenoxy) is 1. The average molecular weight is 460 g/mol. The van der Waals surface area contributed by atoms with E-state index >= 15 is 0 Å². The van der Waals surface area contributed by atoms with Crippen LogP contribution >= 0.6 is 11.3 Å². The second-order valence-corrected chi connectivity index (χ2v) is 9.05. The van der Waals surface area contributed by atoms with Crippen LogP contribution in [0.5, 0.6) is 5.75 Å². The molecule has 166 valence electrons. The van der Waals surface area contributed by atoms with E-state index in [0.29, 0.717) is 27.2 Å². The Balaban J connectivity index is 1.56. The number of benzene rings is 2. The zero-order chi connectivity index (χ0) is 23.3. The summed E-state index contributed by atoms with van der Waals surface area (Å²) in [5, 5.41) is 5.16. The first-order valence-electron chi connectivity index (χ1n) is 10.5. The first-order chi connectivity index (χ1) is 15.8. The van der Waals surface area contributed by atoms with Gasteiger partial charge in [0.25, 0.3) is 11.5 Å². The number of rotatable bonds is 4. The number of anilines is 1. The fraction of sp³-hybridized carbons (Fsp3) is 0.200. The van der Waals surface area contributed by atoms with Gasteiger partial charge < -0.3 is 10.1 Å². The van der Waals surface area contributed by atoms with Crippen LogP contribution in [0.1, 0.15) is 34.5 Å². The number of nitrogens with zero attached hydrogens (tertiary/aromatic N) is 2. The van der Waals surface area contributed by atoms with Gasteiger partial charge in [-0.3, -0.25) is 19.0 Å². The molecule has 2 aromatic heterocycles. The molecule has 0 saturated carbocycles. The highest BCUT2D eigenvalue weighted by Gasteiger charge is 2.24. The fourth-order valence-electron chi connectivity index (χ4n) is 4.14. The van der Waals surface area contributed by atoms with Gasteiger partial charge in [0, 0.05) is 16.5 Å². The van der Waals surface area contributed by atoms with Crippen molar-refractivity contribution in [1.82, 2.24) is 9.55 Å². The lowest BCUT2D eigenvalue weighted by atomic mass is 9.99. The monoisotopic (exact) mass is 459 g/mol. The number of aryl methyl sites for hydroxylation is 2. The van der Waals surface area contributed by atoms with Crippen molar-refractivity contribution in [3.05, 3.63) is 75.1 Å². The van der Waals surface area contributed by atoms with Crippen LogP contribution < -0.4 is 15.6 Å². The van der Waals surface area contributed by atoms with E-state index in [4.69, 9.17) is 4.74 Å². The summed E-state index contributed by atoms with van der Waals surface area (Å²) >= 11 is 1.41. The summed E-state index contributed by atoms with van der Waals surface area (Å²) in [5.41, 5.74) is 4.59. The number of hydrogen-bond donors (Lipinski definition) is 1. The van der Waals surface area contributed by atoms with Crippen molar-refractivity contribution < 1.29 is 14.3 Å².